The third-order valence-corrected chi connectivity index (χ3v) is 2.77. The molecule has 4 N–H and O–H groups in total. The molecule has 0 fully saturated rings. The first-order valence-electron chi connectivity index (χ1n) is 6.17. The highest BCUT2D eigenvalue weighted by molar-refractivity contribution is 5.67. The smallest absolute Gasteiger partial charge is 0.305 e. The van der Waals surface area contributed by atoms with Crippen LogP contribution < -0.4 is 11.1 Å². The van der Waals surface area contributed by atoms with Gasteiger partial charge in [-0.15, -0.1) is 0 Å². The van der Waals surface area contributed by atoms with Crippen LogP contribution in [0.3, 0.4) is 0 Å². The largest absolute Gasteiger partial charge is 0.481 e. The van der Waals surface area contributed by atoms with Crippen LogP contribution in [0.25, 0.3) is 0 Å². The zero-order valence-electron chi connectivity index (χ0n) is 11.1. The first kappa shape index (κ1) is 14.0. The van der Waals surface area contributed by atoms with Crippen molar-refractivity contribution in [1.82, 2.24) is 9.97 Å². The molecule has 0 unspecified atom stereocenters. The zero-order valence-corrected chi connectivity index (χ0v) is 11.1. The number of carbonyl (C=O) groups is 1. The number of nitrogens with one attached hydrogen (secondary N) is 1. The van der Waals surface area contributed by atoms with Crippen LogP contribution in [0.2, 0.25) is 0 Å². The molecule has 0 bridgehead atoms. The second kappa shape index (κ2) is 6.12. The maximum atomic E-state index is 10.6. The Bertz CT molecular complexity index is 598. The van der Waals surface area contributed by atoms with Crippen molar-refractivity contribution in [3.05, 3.63) is 47.8 Å². The molecule has 2 aromatic rings. The molecule has 0 saturated carbocycles. The third-order valence-electron chi connectivity index (χ3n) is 2.77. The Balaban J connectivity index is 2.06. The lowest BCUT2D eigenvalue weighted by molar-refractivity contribution is -0.137. The summed E-state index contributed by atoms with van der Waals surface area (Å²) in [4.78, 5) is 18.9. The second-order valence-electron chi connectivity index (χ2n) is 4.54. The normalized spacial score (nSPS) is 11.9. The van der Waals surface area contributed by atoms with E-state index in [-0.39, 0.29) is 6.42 Å². The molecule has 6 heteroatoms. The Morgan fingerprint density at radius 3 is 2.70 bits per heavy atom. The fraction of sp³-hybridized carbons (Fsp3) is 0.214. The minimum Gasteiger partial charge on any atom is -0.481 e. The second-order valence-corrected chi connectivity index (χ2v) is 4.54. The standard InChI is InChI=1S/C14H16N4O2/c1-9-3-2-4-11(5-9)18-14-16-7-10(8-17-14)12(15)6-13(19)20/h2-5,7-8,12H,6,15H2,1H3,(H,19,20)(H,16,17,18)/t12-/m0/s1. The summed E-state index contributed by atoms with van der Waals surface area (Å²) < 4.78 is 0. The maximum absolute atomic E-state index is 10.6. The van der Waals surface area contributed by atoms with Crippen molar-refractivity contribution in [1.29, 1.82) is 0 Å². The van der Waals surface area contributed by atoms with E-state index >= 15 is 0 Å². The van der Waals surface area contributed by atoms with Crippen LogP contribution in [-0.4, -0.2) is 21.0 Å². The van der Waals surface area contributed by atoms with Gasteiger partial charge in [0.05, 0.1) is 6.42 Å². The Hall–Kier alpha value is -2.47. The number of aliphatic carboxylic acids is 1. The van der Waals surface area contributed by atoms with Gasteiger partial charge in [-0.05, 0) is 24.6 Å². The van der Waals surface area contributed by atoms with Gasteiger partial charge in [-0.2, -0.15) is 0 Å². The number of hydrogen-bond donors (Lipinski definition) is 3. The molecule has 0 radical (unpaired) electrons. The fourth-order valence-electron chi connectivity index (χ4n) is 1.75. The summed E-state index contributed by atoms with van der Waals surface area (Å²) in [7, 11) is 0. The minimum absolute atomic E-state index is 0.145. The van der Waals surface area contributed by atoms with Crippen LogP contribution in [0.4, 0.5) is 11.6 Å². The predicted octanol–water partition coefficient (Wildman–Crippen LogP) is 2.00. The molecule has 1 aromatic carbocycles. The molecule has 1 atom stereocenters. The first-order valence-corrected chi connectivity index (χ1v) is 6.17. The van der Waals surface area contributed by atoms with Crippen molar-refractivity contribution in [2.24, 2.45) is 5.73 Å². The summed E-state index contributed by atoms with van der Waals surface area (Å²) in [6.07, 6.45) is 2.94. The average Bonchev–Trinajstić information content (AvgIpc) is 2.38. The van der Waals surface area contributed by atoms with Gasteiger partial charge in [0.25, 0.3) is 0 Å². The number of carboxylic acid groups (broad SMARTS) is 1. The Morgan fingerprint density at radius 2 is 2.10 bits per heavy atom. The van der Waals surface area contributed by atoms with Gasteiger partial charge in [-0.3, -0.25) is 4.79 Å². The number of nitrogens with two attached hydrogens (primary N) is 1. The molecular formula is C14H16N4O2. The van der Waals surface area contributed by atoms with E-state index in [2.05, 4.69) is 15.3 Å². The highest BCUT2D eigenvalue weighted by atomic mass is 16.4. The summed E-state index contributed by atoms with van der Waals surface area (Å²) in [6.45, 7) is 2.00. The van der Waals surface area contributed by atoms with Gasteiger partial charge < -0.3 is 16.2 Å². The molecule has 0 aliphatic carbocycles. The van der Waals surface area contributed by atoms with Gasteiger partial charge in [-0.25, -0.2) is 9.97 Å². The van der Waals surface area contributed by atoms with Crippen LogP contribution in [0, 0.1) is 6.92 Å². The molecule has 104 valence electrons. The highest BCUT2D eigenvalue weighted by Gasteiger charge is 2.11. The molecule has 20 heavy (non-hydrogen) atoms. The van der Waals surface area contributed by atoms with E-state index < -0.39 is 12.0 Å². The summed E-state index contributed by atoms with van der Waals surface area (Å²) in [5.41, 5.74) is 8.37. The van der Waals surface area contributed by atoms with Gasteiger partial charge in [0, 0.05) is 29.7 Å². The molecule has 0 aliphatic rings. The van der Waals surface area contributed by atoms with Crippen molar-refractivity contribution < 1.29 is 9.90 Å². The van der Waals surface area contributed by atoms with Gasteiger partial charge in [0.15, 0.2) is 0 Å². The van der Waals surface area contributed by atoms with Crippen molar-refractivity contribution in [2.45, 2.75) is 19.4 Å². The van der Waals surface area contributed by atoms with Crippen molar-refractivity contribution in [3.8, 4) is 0 Å². The number of aromatic nitrogens is 2. The maximum Gasteiger partial charge on any atom is 0.305 e. The van der Waals surface area contributed by atoms with E-state index in [0.717, 1.165) is 11.3 Å². The van der Waals surface area contributed by atoms with Crippen LogP contribution >= 0.6 is 0 Å². The van der Waals surface area contributed by atoms with Crippen LogP contribution in [-0.2, 0) is 4.79 Å². The topological polar surface area (TPSA) is 101 Å². The predicted molar refractivity (Wildman–Crippen MR) is 75.7 cm³/mol. The van der Waals surface area contributed by atoms with Gasteiger partial charge in [0.2, 0.25) is 5.95 Å². The summed E-state index contributed by atoms with van der Waals surface area (Å²) in [5.74, 6) is -0.499. The van der Waals surface area contributed by atoms with E-state index in [1.54, 1.807) is 12.4 Å². The lowest BCUT2D eigenvalue weighted by Gasteiger charge is -2.10. The molecule has 1 aromatic heterocycles. The molecule has 0 aliphatic heterocycles. The average molecular weight is 272 g/mol. The van der Waals surface area contributed by atoms with Gasteiger partial charge in [0.1, 0.15) is 0 Å². The van der Waals surface area contributed by atoms with E-state index in [0.29, 0.717) is 11.5 Å². The highest BCUT2D eigenvalue weighted by Crippen LogP contribution is 2.16. The summed E-state index contributed by atoms with van der Waals surface area (Å²) in [5, 5.41) is 11.8. The van der Waals surface area contributed by atoms with Crippen molar-refractivity contribution >= 4 is 17.6 Å². The fourth-order valence-corrected chi connectivity index (χ4v) is 1.75. The van der Waals surface area contributed by atoms with Crippen LogP contribution in [0.5, 0.6) is 0 Å². The van der Waals surface area contributed by atoms with Crippen LogP contribution in [0.15, 0.2) is 36.7 Å². The minimum atomic E-state index is -0.945. The molecule has 0 saturated heterocycles. The van der Waals surface area contributed by atoms with Crippen molar-refractivity contribution in [2.75, 3.05) is 5.32 Å². The van der Waals surface area contributed by atoms with E-state index in [1.165, 1.54) is 0 Å². The molecular weight excluding hydrogens is 256 g/mol. The Morgan fingerprint density at radius 1 is 1.40 bits per heavy atom. The van der Waals surface area contributed by atoms with Gasteiger partial charge >= 0.3 is 5.97 Å². The van der Waals surface area contributed by atoms with E-state index in [1.807, 2.05) is 31.2 Å². The van der Waals surface area contributed by atoms with E-state index in [4.69, 9.17) is 10.8 Å². The number of hydrogen-bond acceptors (Lipinski definition) is 5. The number of aryl methyl sites for hydroxylation is 1. The molecule has 0 spiro atoms. The van der Waals surface area contributed by atoms with E-state index in [9.17, 15) is 4.79 Å². The number of carboxylic acids is 1. The van der Waals surface area contributed by atoms with Crippen molar-refractivity contribution in [3.63, 3.8) is 0 Å². The van der Waals surface area contributed by atoms with Crippen LogP contribution in [0.1, 0.15) is 23.6 Å². The Kier molecular flexibility index (Phi) is 4.27. The third kappa shape index (κ3) is 3.76. The number of anilines is 2. The summed E-state index contributed by atoms with van der Waals surface area (Å²) >= 11 is 0. The summed E-state index contributed by atoms with van der Waals surface area (Å²) in [6, 6.07) is 7.24. The number of rotatable bonds is 5. The zero-order chi connectivity index (χ0) is 14.5. The number of benzene rings is 1. The number of nitrogens with zero attached hydrogens (tertiary/aromatic N) is 2. The molecule has 6 nitrogen and oxygen atoms in total. The first-order chi connectivity index (χ1) is 9.54. The molecule has 2 rings (SSSR count). The SMILES string of the molecule is Cc1cccc(Nc2ncc([C@@H](N)CC(=O)O)cn2)c1. The monoisotopic (exact) mass is 272 g/mol. The Labute approximate surface area is 116 Å². The molecule has 1 heterocycles. The lowest BCUT2D eigenvalue weighted by atomic mass is 10.1. The quantitative estimate of drug-likeness (QED) is 0.769. The lowest BCUT2D eigenvalue weighted by Crippen LogP contribution is -2.15. The van der Waals surface area contributed by atoms with Gasteiger partial charge in [-0.1, -0.05) is 12.1 Å². The molecule has 0 amide bonds.